The molecule has 150 valence electrons. The molecule has 0 saturated carbocycles. The summed E-state index contributed by atoms with van der Waals surface area (Å²) < 4.78 is 5.25. The first-order valence-electron chi connectivity index (χ1n) is 9.15. The molecule has 1 amide bonds. The van der Waals surface area contributed by atoms with Gasteiger partial charge in [-0.3, -0.25) is 4.79 Å². The summed E-state index contributed by atoms with van der Waals surface area (Å²) in [4.78, 5) is 17.1. The van der Waals surface area contributed by atoms with Gasteiger partial charge in [0.25, 0.3) is 5.91 Å². The van der Waals surface area contributed by atoms with Gasteiger partial charge in [0, 0.05) is 39.0 Å². The lowest BCUT2D eigenvalue weighted by Crippen LogP contribution is -2.11. The van der Waals surface area contributed by atoms with Crippen LogP contribution in [0, 0.1) is 0 Å². The summed E-state index contributed by atoms with van der Waals surface area (Å²) in [5, 5.41) is 9.54. The average molecular weight is 436 g/mol. The van der Waals surface area contributed by atoms with Crippen LogP contribution in [0.5, 0.6) is 5.75 Å². The summed E-state index contributed by atoms with van der Waals surface area (Å²) in [5.74, 6) is 0.586. The SMILES string of the molecule is COc1cccc(Nc2nc(-c3cccc(NC(=O)c4ccc(Cl)cc4)c3)cs2)c1. The van der Waals surface area contributed by atoms with E-state index in [1.165, 1.54) is 11.3 Å². The number of hydrogen-bond donors (Lipinski definition) is 2. The van der Waals surface area contributed by atoms with Crippen LogP contribution < -0.4 is 15.4 Å². The Morgan fingerprint density at radius 2 is 1.77 bits per heavy atom. The minimum absolute atomic E-state index is 0.192. The second-order valence-corrected chi connectivity index (χ2v) is 7.73. The zero-order valence-electron chi connectivity index (χ0n) is 16.1. The first-order valence-corrected chi connectivity index (χ1v) is 10.4. The third kappa shape index (κ3) is 4.79. The van der Waals surface area contributed by atoms with Crippen LogP contribution in [-0.2, 0) is 0 Å². The number of rotatable bonds is 6. The Labute approximate surface area is 183 Å². The van der Waals surface area contributed by atoms with Crippen LogP contribution >= 0.6 is 22.9 Å². The monoisotopic (exact) mass is 435 g/mol. The molecular weight excluding hydrogens is 418 g/mol. The number of nitrogens with zero attached hydrogens (tertiary/aromatic N) is 1. The number of hydrogen-bond acceptors (Lipinski definition) is 5. The lowest BCUT2D eigenvalue weighted by atomic mass is 10.1. The van der Waals surface area contributed by atoms with Crippen LogP contribution in [0.25, 0.3) is 11.3 Å². The van der Waals surface area contributed by atoms with Gasteiger partial charge in [-0.15, -0.1) is 11.3 Å². The number of ether oxygens (including phenoxy) is 1. The molecule has 1 aromatic heterocycles. The zero-order chi connectivity index (χ0) is 20.9. The number of anilines is 3. The van der Waals surface area contributed by atoms with E-state index in [4.69, 9.17) is 16.3 Å². The molecule has 0 aliphatic rings. The normalized spacial score (nSPS) is 10.5. The zero-order valence-corrected chi connectivity index (χ0v) is 17.6. The fourth-order valence-electron chi connectivity index (χ4n) is 2.85. The van der Waals surface area contributed by atoms with Crippen molar-refractivity contribution in [3.63, 3.8) is 0 Å². The quantitative estimate of drug-likeness (QED) is 0.364. The van der Waals surface area contributed by atoms with E-state index in [-0.39, 0.29) is 5.91 Å². The molecule has 4 aromatic rings. The molecule has 0 aliphatic heterocycles. The number of benzene rings is 3. The van der Waals surface area contributed by atoms with Crippen LogP contribution in [0.4, 0.5) is 16.5 Å². The second-order valence-electron chi connectivity index (χ2n) is 6.44. The molecule has 0 atom stereocenters. The largest absolute Gasteiger partial charge is 0.497 e. The maximum atomic E-state index is 12.4. The van der Waals surface area contributed by atoms with Gasteiger partial charge in [0.2, 0.25) is 0 Å². The topological polar surface area (TPSA) is 63.2 Å². The molecule has 0 radical (unpaired) electrons. The van der Waals surface area contributed by atoms with Crippen molar-refractivity contribution in [1.82, 2.24) is 4.98 Å². The highest BCUT2D eigenvalue weighted by atomic mass is 35.5. The Hall–Kier alpha value is -3.35. The Morgan fingerprint density at radius 1 is 1.00 bits per heavy atom. The smallest absolute Gasteiger partial charge is 0.255 e. The van der Waals surface area contributed by atoms with Gasteiger partial charge in [0.1, 0.15) is 5.75 Å². The first kappa shape index (κ1) is 19.9. The minimum atomic E-state index is -0.192. The maximum absolute atomic E-state index is 12.4. The Morgan fingerprint density at radius 3 is 2.57 bits per heavy atom. The third-order valence-corrected chi connectivity index (χ3v) is 5.36. The van der Waals surface area contributed by atoms with Gasteiger partial charge in [-0.1, -0.05) is 29.8 Å². The number of nitrogens with one attached hydrogen (secondary N) is 2. The van der Waals surface area contributed by atoms with Crippen LogP contribution in [0.15, 0.2) is 78.2 Å². The van der Waals surface area contributed by atoms with Crippen LogP contribution in [0.2, 0.25) is 5.02 Å². The van der Waals surface area contributed by atoms with Crippen molar-refractivity contribution in [3.05, 3.63) is 88.8 Å². The van der Waals surface area contributed by atoms with Crippen molar-refractivity contribution in [3.8, 4) is 17.0 Å². The van der Waals surface area contributed by atoms with Gasteiger partial charge in [-0.05, 0) is 48.5 Å². The molecule has 0 spiro atoms. The third-order valence-electron chi connectivity index (χ3n) is 4.35. The summed E-state index contributed by atoms with van der Waals surface area (Å²) >= 11 is 7.39. The Bertz CT molecular complexity index is 1180. The lowest BCUT2D eigenvalue weighted by molar-refractivity contribution is 0.102. The van der Waals surface area contributed by atoms with Gasteiger partial charge in [0.15, 0.2) is 5.13 Å². The summed E-state index contributed by atoms with van der Waals surface area (Å²) in [6, 6.07) is 22.0. The molecule has 0 bridgehead atoms. The average Bonchev–Trinajstić information content (AvgIpc) is 3.23. The molecule has 2 N–H and O–H groups in total. The highest BCUT2D eigenvalue weighted by Crippen LogP contribution is 2.29. The molecule has 5 nitrogen and oxygen atoms in total. The molecule has 4 rings (SSSR count). The van der Waals surface area contributed by atoms with Crippen LogP contribution in [-0.4, -0.2) is 18.0 Å². The molecule has 0 fully saturated rings. The van der Waals surface area contributed by atoms with Crippen molar-refractivity contribution < 1.29 is 9.53 Å². The standard InChI is InChI=1S/C23H18ClN3O2S/c1-29-20-7-3-6-19(13-20)26-23-27-21(14-30-23)16-4-2-5-18(12-16)25-22(28)15-8-10-17(24)11-9-15/h2-14H,1H3,(H,25,28)(H,26,27). The van der Waals surface area contributed by atoms with Crippen molar-refractivity contribution in [2.45, 2.75) is 0 Å². The molecule has 7 heteroatoms. The van der Waals surface area contributed by atoms with Crippen LogP contribution in [0.1, 0.15) is 10.4 Å². The number of methoxy groups -OCH3 is 1. The number of carbonyl (C=O) groups excluding carboxylic acids is 1. The molecule has 30 heavy (non-hydrogen) atoms. The van der Waals surface area contributed by atoms with Crippen LogP contribution in [0.3, 0.4) is 0 Å². The fraction of sp³-hybridized carbons (Fsp3) is 0.0435. The predicted octanol–water partition coefficient (Wildman–Crippen LogP) is 6.47. The number of aromatic nitrogens is 1. The number of halogens is 1. The predicted molar refractivity (Wildman–Crippen MR) is 123 cm³/mol. The Balaban J connectivity index is 1.48. The van der Waals surface area contributed by atoms with E-state index in [0.717, 1.165) is 27.8 Å². The van der Waals surface area contributed by atoms with Crippen molar-refractivity contribution in [2.24, 2.45) is 0 Å². The number of amides is 1. The van der Waals surface area contributed by atoms with Gasteiger partial charge in [0.05, 0.1) is 12.8 Å². The lowest BCUT2D eigenvalue weighted by Gasteiger charge is -2.07. The van der Waals surface area contributed by atoms with Gasteiger partial charge in [-0.25, -0.2) is 4.98 Å². The molecule has 3 aromatic carbocycles. The van der Waals surface area contributed by atoms with Gasteiger partial charge in [-0.2, -0.15) is 0 Å². The van der Waals surface area contributed by atoms with E-state index in [1.807, 2.05) is 53.9 Å². The molecular formula is C23H18ClN3O2S. The molecule has 0 saturated heterocycles. The van der Waals surface area contributed by atoms with E-state index >= 15 is 0 Å². The fourth-order valence-corrected chi connectivity index (χ4v) is 3.71. The maximum Gasteiger partial charge on any atom is 0.255 e. The first-order chi connectivity index (χ1) is 14.6. The number of thiazole rings is 1. The number of carbonyl (C=O) groups is 1. The summed E-state index contributed by atoms with van der Waals surface area (Å²) in [6.45, 7) is 0. The molecule has 0 unspecified atom stereocenters. The van der Waals surface area contributed by atoms with Crippen molar-refractivity contribution in [2.75, 3.05) is 17.7 Å². The molecule has 0 aliphatic carbocycles. The highest BCUT2D eigenvalue weighted by molar-refractivity contribution is 7.14. The van der Waals surface area contributed by atoms with E-state index in [1.54, 1.807) is 31.4 Å². The van der Waals surface area contributed by atoms with Crippen molar-refractivity contribution in [1.29, 1.82) is 0 Å². The van der Waals surface area contributed by atoms with E-state index in [9.17, 15) is 4.79 Å². The van der Waals surface area contributed by atoms with Gasteiger partial charge >= 0.3 is 0 Å². The Kier molecular flexibility index (Phi) is 5.97. The van der Waals surface area contributed by atoms with E-state index < -0.39 is 0 Å². The second kappa shape index (κ2) is 8.98. The summed E-state index contributed by atoms with van der Waals surface area (Å²) in [5.41, 5.74) is 3.89. The molecule has 1 heterocycles. The van der Waals surface area contributed by atoms with E-state index in [2.05, 4.69) is 15.6 Å². The van der Waals surface area contributed by atoms with Crippen molar-refractivity contribution >= 4 is 45.4 Å². The summed E-state index contributed by atoms with van der Waals surface area (Å²) in [6.07, 6.45) is 0. The minimum Gasteiger partial charge on any atom is -0.497 e. The summed E-state index contributed by atoms with van der Waals surface area (Å²) in [7, 11) is 1.64. The highest BCUT2D eigenvalue weighted by Gasteiger charge is 2.09. The van der Waals surface area contributed by atoms with Gasteiger partial charge < -0.3 is 15.4 Å². The van der Waals surface area contributed by atoms with E-state index in [0.29, 0.717) is 16.3 Å².